The minimum Gasteiger partial charge on any atom is -0.381 e. The number of aromatic amines is 1. The van der Waals surface area contributed by atoms with Crippen molar-refractivity contribution in [1.82, 2.24) is 29.6 Å². The molecule has 0 spiro atoms. The third-order valence-corrected chi connectivity index (χ3v) is 6.39. The van der Waals surface area contributed by atoms with Crippen molar-refractivity contribution in [2.45, 2.75) is 45.2 Å². The van der Waals surface area contributed by atoms with E-state index in [-0.39, 0.29) is 17.5 Å². The highest BCUT2D eigenvalue weighted by Crippen LogP contribution is 2.32. The molecule has 0 radical (unpaired) electrons. The van der Waals surface area contributed by atoms with Gasteiger partial charge in [-0.15, -0.1) is 0 Å². The van der Waals surface area contributed by atoms with Crippen LogP contribution in [0.1, 0.15) is 48.9 Å². The Hall–Kier alpha value is -2.58. The second-order valence-electron chi connectivity index (χ2n) is 8.67. The molecule has 0 unspecified atom stereocenters. The zero-order valence-corrected chi connectivity index (χ0v) is 17.5. The van der Waals surface area contributed by atoms with Crippen molar-refractivity contribution >= 4 is 11.0 Å². The number of aromatic nitrogens is 5. The smallest absolute Gasteiger partial charge is 0.262 e. The molecular weight excluding hydrogens is 380 g/mol. The summed E-state index contributed by atoms with van der Waals surface area (Å²) in [5.74, 6) is 1.35. The highest BCUT2D eigenvalue weighted by atomic mass is 16.5. The van der Waals surface area contributed by atoms with Crippen molar-refractivity contribution in [3.8, 4) is 0 Å². The zero-order valence-electron chi connectivity index (χ0n) is 17.5. The Morgan fingerprint density at radius 3 is 2.83 bits per heavy atom. The third-order valence-electron chi connectivity index (χ3n) is 6.39. The fourth-order valence-corrected chi connectivity index (χ4v) is 4.79. The fourth-order valence-electron chi connectivity index (χ4n) is 4.79. The monoisotopic (exact) mass is 408 g/mol. The molecule has 3 aromatic rings. The van der Waals surface area contributed by atoms with Crippen molar-refractivity contribution in [3.63, 3.8) is 0 Å². The Kier molecular flexibility index (Phi) is 5.12. The van der Waals surface area contributed by atoms with E-state index >= 15 is 0 Å². The second-order valence-corrected chi connectivity index (χ2v) is 8.67. The molecule has 5 heterocycles. The molecule has 0 aromatic carbocycles. The van der Waals surface area contributed by atoms with Crippen LogP contribution in [-0.2, 0) is 11.3 Å². The number of H-pyrrole nitrogens is 1. The first kappa shape index (κ1) is 19.4. The normalized spacial score (nSPS) is 23.4. The molecule has 2 aliphatic heterocycles. The molecule has 0 bridgehead atoms. The number of pyridine rings is 1. The molecule has 2 fully saturated rings. The molecule has 8 nitrogen and oxygen atoms in total. The number of fused-ring (bicyclic) bond motifs is 1. The predicted molar refractivity (Wildman–Crippen MR) is 113 cm³/mol. The summed E-state index contributed by atoms with van der Waals surface area (Å²) in [5.41, 5.74) is 2.72. The summed E-state index contributed by atoms with van der Waals surface area (Å²) in [5, 5.41) is 5.07. The first-order chi connectivity index (χ1) is 14.6. The van der Waals surface area contributed by atoms with Crippen LogP contribution in [0.25, 0.3) is 11.0 Å². The van der Waals surface area contributed by atoms with Gasteiger partial charge in [0.15, 0.2) is 5.65 Å². The first-order valence-corrected chi connectivity index (χ1v) is 10.8. The number of hydrogen-bond acceptors (Lipinski definition) is 6. The van der Waals surface area contributed by atoms with Crippen LogP contribution in [0.5, 0.6) is 0 Å². The summed E-state index contributed by atoms with van der Waals surface area (Å²) in [6.07, 6.45) is 3.45. The van der Waals surface area contributed by atoms with Crippen LogP contribution in [0.15, 0.2) is 29.2 Å². The molecule has 5 rings (SSSR count). The molecule has 30 heavy (non-hydrogen) atoms. The summed E-state index contributed by atoms with van der Waals surface area (Å²) in [4.78, 5) is 27.8. The van der Waals surface area contributed by atoms with E-state index in [1.54, 1.807) is 6.20 Å². The van der Waals surface area contributed by atoms with E-state index in [9.17, 15) is 4.79 Å². The number of aryl methyl sites for hydroxylation is 1. The van der Waals surface area contributed by atoms with Crippen molar-refractivity contribution in [1.29, 1.82) is 0 Å². The van der Waals surface area contributed by atoms with E-state index in [0.29, 0.717) is 17.0 Å². The molecule has 3 aromatic heterocycles. The van der Waals surface area contributed by atoms with E-state index in [1.165, 1.54) is 0 Å². The van der Waals surface area contributed by atoms with Crippen LogP contribution in [-0.4, -0.2) is 55.9 Å². The van der Waals surface area contributed by atoms with Gasteiger partial charge in [0.2, 0.25) is 0 Å². The average molecular weight is 409 g/mol. The lowest BCUT2D eigenvalue weighted by molar-refractivity contribution is 0.0673. The van der Waals surface area contributed by atoms with E-state index in [1.807, 2.05) is 17.7 Å². The number of hydrogen-bond donors (Lipinski definition) is 1. The van der Waals surface area contributed by atoms with Gasteiger partial charge in [0.25, 0.3) is 5.56 Å². The predicted octanol–water partition coefficient (Wildman–Crippen LogP) is 2.41. The van der Waals surface area contributed by atoms with Gasteiger partial charge in [-0.05, 0) is 37.8 Å². The number of likely N-dealkylation sites (tertiary alicyclic amines) is 1. The number of rotatable bonds is 4. The van der Waals surface area contributed by atoms with Gasteiger partial charge in [-0.2, -0.15) is 5.10 Å². The SMILES string of the molecule is Cc1cccc(CN2C[C@@H](C)[C@H](c3nc4c(cnn4C4CCOCC4)c(=O)[nH]3)C2)n1. The Balaban J connectivity index is 1.42. The number of nitrogens with zero attached hydrogens (tertiary/aromatic N) is 5. The van der Waals surface area contributed by atoms with Crippen LogP contribution >= 0.6 is 0 Å². The summed E-state index contributed by atoms with van der Waals surface area (Å²) in [7, 11) is 0. The summed E-state index contributed by atoms with van der Waals surface area (Å²) in [6.45, 7) is 8.33. The molecule has 8 heteroatoms. The topological polar surface area (TPSA) is 88.9 Å². The van der Waals surface area contributed by atoms with Gasteiger partial charge in [-0.1, -0.05) is 13.0 Å². The Labute approximate surface area is 175 Å². The standard InChI is InChI=1S/C22H28N6O2/c1-14-11-27(12-16-5-3-4-15(2)24-16)13-19(14)20-25-21-18(22(29)26-20)10-23-28(21)17-6-8-30-9-7-17/h3-5,10,14,17,19H,6-9,11-13H2,1-2H3,(H,25,26,29)/t14-,19-/m1/s1. The molecule has 2 atom stereocenters. The molecule has 2 saturated heterocycles. The Morgan fingerprint density at radius 2 is 2.03 bits per heavy atom. The first-order valence-electron chi connectivity index (χ1n) is 10.8. The maximum atomic E-state index is 12.8. The van der Waals surface area contributed by atoms with E-state index < -0.39 is 0 Å². The molecule has 1 N–H and O–H groups in total. The molecule has 158 valence electrons. The summed E-state index contributed by atoms with van der Waals surface area (Å²) in [6, 6.07) is 6.39. The maximum absolute atomic E-state index is 12.8. The van der Waals surface area contributed by atoms with Gasteiger partial charge in [-0.25, -0.2) is 9.67 Å². The summed E-state index contributed by atoms with van der Waals surface area (Å²) < 4.78 is 7.42. The van der Waals surface area contributed by atoms with Crippen molar-refractivity contribution < 1.29 is 4.74 Å². The minimum atomic E-state index is -0.0979. The van der Waals surface area contributed by atoms with Gasteiger partial charge in [0.05, 0.1) is 17.9 Å². The maximum Gasteiger partial charge on any atom is 0.262 e. The summed E-state index contributed by atoms with van der Waals surface area (Å²) >= 11 is 0. The van der Waals surface area contributed by atoms with E-state index in [0.717, 1.165) is 62.9 Å². The van der Waals surface area contributed by atoms with Gasteiger partial charge in [0, 0.05) is 44.5 Å². The van der Waals surface area contributed by atoms with Crippen molar-refractivity contribution in [2.24, 2.45) is 5.92 Å². The lowest BCUT2D eigenvalue weighted by Gasteiger charge is -2.23. The van der Waals surface area contributed by atoms with Gasteiger partial charge in [-0.3, -0.25) is 14.7 Å². The molecule has 0 amide bonds. The highest BCUT2D eigenvalue weighted by Gasteiger charge is 2.33. The van der Waals surface area contributed by atoms with E-state index in [4.69, 9.17) is 9.72 Å². The van der Waals surface area contributed by atoms with Crippen LogP contribution in [0, 0.1) is 12.8 Å². The van der Waals surface area contributed by atoms with Crippen molar-refractivity contribution in [2.75, 3.05) is 26.3 Å². The molecule has 0 saturated carbocycles. The quantitative estimate of drug-likeness (QED) is 0.713. The Morgan fingerprint density at radius 1 is 1.20 bits per heavy atom. The highest BCUT2D eigenvalue weighted by molar-refractivity contribution is 5.73. The van der Waals surface area contributed by atoms with Crippen LogP contribution in [0.4, 0.5) is 0 Å². The van der Waals surface area contributed by atoms with Crippen LogP contribution in [0.2, 0.25) is 0 Å². The average Bonchev–Trinajstić information content (AvgIpc) is 3.32. The van der Waals surface area contributed by atoms with E-state index in [2.05, 4.69) is 39.0 Å². The van der Waals surface area contributed by atoms with Crippen LogP contribution in [0.3, 0.4) is 0 Å². The second kappa shape index (κ2) is 7.92. The lowest BCUT2D eigenvalue weighted by atomic mass is 9.97. The van der Waals surface area contributed by atoms with Gasteiger partial charge < -0.3 is 9.72 Å². The number of nitrogens with one attached hydrogen (secondary N) is 1. The van der Waals surface area contributed by atoms with Gasteiger partial charge in [0.1, 0.15) is 11.2 Å². The van der Waals surface area contributed by atoms with Gasteiger partial charge >= 0.3 is 0 Å². The molecule has 0 aliphatic carbocycles. The molecule has 2 aliphatic rings. The zero-order chi connectivity index (χ0) is 20.7. The minimum absolute atomic E-state index is 0.0979. The lowest BCUT2D eigenvalue weighted by Crippen LogP contribution is -2.23. The number of ether oxygens (including phenoxy) is 1. The van der Waals surface area contributed by atoms with Crippen molar-refractivity contribution in [3.05, 3.63) is 52.0 Å². The largest absolute Gasteiger partial charge is 0.381 e. The van der Waals surface area contributed by atoms with Crippen LogP contribution < -0.4 is 5.56 Å². The molecular formula is C22H28N6O2. The third kappa shape index (κ3) is 3.65. The Bertz CT molecular complexity index is 1100. The fraction of sp³-hybridized carbons (Fsp3) is 0.545.